The SMILES string of the molecule is COC1CCCN(CC(O)CCl)C1. The van der Waals surface area contributed by atoms with Crippen LogP contribution in [-0.4, -0.2) is 54.8 Å². The zero-order valence-electron chi connectivity index (χ0n) is 8.08. The second kappa shape index (κ2) is 5.81. The number of aliphatic hydroxyl groups is 1. The Bertz CT molecular complexity index is 144. The molecule has 0 radical (unpaired) electrons. The van der Waals surface area contributed by atoms with Crippen molar-refractivity contribution in [2.75, 3.05) is 32.6 Å². The van der Waals surface area contributed by atoms with Crippen molar-refractivity contribution in [3.8, 4) is 0 Å². The maximum Gasteiger partial charge on any atom is 0.0802 e. The van der Waals surface area contributed by atoms with Gasteiger partial charge in [-0.1, -0.05) is 0 Å². The molecule has 1 N–H and O–H groups in total. The van der Waals surface area contributed by atoms with Gasteiger partial charge in [0.1, 0.15) is 0 Å². The predicted octanol–water partition coefficient (Wildman–Crippen LogP) is 0.697. The van der Waals surface area contributed by atoms with E-state index in [0.717, 1.165) is 25.9 Å². The summed E-state index contributed by atoms with van der Waals surface area (Å²) in [4.78, 5) is 2.21. The maximum absolute atomic E-state index is 9.35. The molecule has 2 unspecified atom stereocenters. The Balaban J connectivity index is 2.25. The standard InChI is InChI=1S/C9H18ClNO2/c1-13-9-3-2-4-11(7-9)6-8(12)5-10/h8-9,12H,2-7H2,1H3. The summed E-state index contributed by atoms with van der Waals surface area (Å²) in [7, 11) is 1.74. The minimum absolute atomic E-state index is 0.314. The Kier molecular flexibility index (Phi) is 5.02. The van der Waals surface area contributed by atoms with Crippen molar-refractivity contribution < 1.29 is 9.84 Å². The van der Waals surface area contributed by atoms with Crippen LogP contribution < -0.4 is 0 Å². The molecular formula is C9H18ClNO2. The van der Waals surface area contributed by atoms with Gasteiger partial charge in [0.15, 0.2) is 0 Å². The molecule has 1 aliphatic rings. The van der Waals surface area contributed by atoms with Crippen LogP contribution in [0.3, 0.4) is 0 Å². The number of likely N-dealkylation sites (tertiary alicyclic amines) is 1. The first kappa shape index (κ1) is 11.2. The average molecular weight is 208 g/mol. The monoisotopic (exact) mass is 207 g/mol. The van der Waals surface area contributed by atoms with Gasteiger partial charge in [0.2, 0.25) is 0 Å². The molecule has 0 aliphatic carbocycles. The first-order valence-corrected chi connectivity index (χ1v) is 5.29. The number of β-amino-alcohol motifs (C(OH)–C–C–N with tert-alkyl or cyclic N) is 1. The van der Waals surface area contributed by atoms with E-state index in [2.05, 4.69) is 4.90 Å². The number of methoxy groups -OCH3 is 1. The predicted molar refractivity (Wildman–Crippen MR) is 53.2 cm³/mol. The van der Waals surface area contributed by atoms with Gasteiger partial charge in [0.05, 0.1) is 12.2 Å². The molecular weight excluding hydrogens is 190 g/mol. The Morgan fingerprint density at radius 2 is 2.46 bits per heavy atom. The van der Waals surface area contributed by atoms with Gasteiger partial charge < -0.3 is 9.84 Å². The first-order valence-electron chi connectivity index (χ1n) is 4.75. The summed E-state index contributed by atoms with van der Waals surface area (Å²) in [5.41, 5.74) is 0. The fourth-order valence-electron chi connectivity index (χ4n) is 1.72. The lowest BCUT2D eigenvalue weighted by Crippen LogP contribution is -2.43. The topological polar surface area (TPSA) is 32.7 Å². The van der Waals surface area contributed by atoms with E-state index in [-0.39, 0.29) is 0 Å². The largest absolute Gasteiger partial charge is 0.391 e. The van der Waals surface area contributed by atoms with Crippen molar-refractivity contribution in [3.63, 3.8) is 0 Å². The molecule has 0 aromatic rings. The number of hydrogen-bond donors (Lipinski definition) is 1. The molecule has 78 valence electrons. The van der Waals surface area contributed by atoms with Crippen LogP contribution in [0.1, 0.15) is 12.8 Å². The number of piperidine rings is 1. The van der Waals surface area contributed by atoms with E-state index < -0.39 is 6.10 Å². The van der Waals surface area contributed by atoms with E-state index in [1.165, 1.54) is 0 Å². The van der Waals surface area contributed by atoms with Crippen molar-refractivity contribution in [2.45, 2.75) is 25.0 Å². The number of ether oxygens (including phenoxy) is 1. The maximum atomic E-state index is 9.35. The molecule has 4 heteroatoms. The highest BCUT2D eigenvalue weighted by molar-refractivity contribution is 6.18. The van der Waals surface area contributed by atoms with Gasteiger partial charge in [0.25, 0.3) is 0 Å². The Labute approximate surface area is 84.6 Å². The molecule has 0 bridgehead atoms. The second-order valence-electron chi connectivity index (χ2n) is 3.57. The third-order valence-electron chi connectivity index (χ3n) is 2.44. The smallest absolute Gasteiger partial charge is 0.0802 e. The minimum atomic E-state index is -0.405. The van der Waals surface area contributed by atoms with E-state index in [4.69, 9.17) is 16.3 Å². The molecule has 0 spiro atoms. The summed E-state index contributed by atoms with van der Waals surface area (Å²) in [6.07, 6.45) is 2.20. The number of halogens is 1. The molecule has 0 aromatic heterocycles. The number of hydrogen-bond acceptors (Lipinski definition) is 3. The summed E-state index contributed by atoms with van der Waals surface area (Å²) >= 11 is 5.53. The normalized spacial score (nSPS) is 27.5. The van der Waals surface area contributed by atoms with Crippen LogP contribution in [-0.2, 0) is 4.74 Å². The van der Waals surface area contributed by atoms with E-state index in [1.54, 1.807) is 7.11 Å². The van der Waals surface area contributed by atoms with Gasteiger partial charge >= 0.3 is 0 Å². The van der Waals surface area contributed by atoms with E-state index in [9.17, 15) is 5.11 Å². The van der Waals surface area contributed by atoms with Crippen molar-refractivity contribution in [2.24, 2.45) is 0 Å². The summed E-state index contributed by atoms with van der Waals surface area (Å²) < 4.78 is 5.28. The second-order valence-corrected chi connectivity index (χ2v) is 3.88. The lowest BCUT2D eigenvalue weighted by Gasteiger charge is -2.32. The lowest BCUT2D eigenvalue weighted by molar-refractivity contribution is 0.0163. The Hall–Kier alpha value is 0.170. The zero-order chi connectivity index (χ0) is 9.68. The van der Waals surface area contributed by atoms with E-state index in [1.807, 2.05) is 0 Å². The third kappa shape index (κ3) is 3.81. The van der Waals surface area contributed by atoms with Gasteiger partial charge in [-0.25, -0.2) is 0 Å². The summed E-state index contributed by atoms with van der Waals surface area (Å²) in [5, 5.41) is 9.35. The van der Waals surface area contributed by atoms with Gasteiger partial charge in [-0.05, 0) is 19.4 Å². The molecule has 2 atom stereocenters. The Morgan fingerprint density at radius 3 is 3.08 bits per heavy atom. The van der Waals surface area contributed by atoms with Crippen LogP contribution in [0.15, 0.2) is 0 Å². The van der Waals surface area contributed by atoms with Crippen LogP contribution in [0.4, 0.5) is 0 Å². The van der Waals surface area contributed by atoms with Crippen molar-refractivity contribution in [1.82, 2.24) is 4.90 Å². The quantitative estimate of drug-likeness (QED) is 0.689. The summed E-state index contributed by atoms with van der Waals surface area (Å²) in [5.74, 6) is 0.314. The number of rotatable bonds is 4. The molecule has 0 amide bonds. The van der Waals surface area contributed by atoms with Crippen LogP contribution in [0, 0.1) is 0 Å². The highest BCUT2D eigenvalue weighted by atomic mass is 35.5. The van der Waals surface area contributed by atoms with Crippen LogP contribution >= 0.6 is 11.6 Å². The van der Waals surface area contributed by atoms with Gasteiger partial charge in [-0.15, -0.1) is 11.6 Å². The summed E-state index contributed by atoms with van der Waals surface area (Å²) in [6.45, 7) is 2.64. The summed E-state index contributed by atoms with van der Waals surface area (Å²) in [6, 6.07) is 0. The fraction of sp³-hybridized carbons (Fsp3) is 1.00. The molecule has 0 aromatic carbocycles. The van der Waals surface area contributed by atoms with Crippen molar-refractivity contribution >= 4 is 11.6 Å². The Morgan fingerprint density at radius 1 is 1.69 bits per heavy atom. The van der Waals surface area contributed by atoms with E-state index in [0.29, 0.717) is 18.5 Å². The molecule has 1 fully saturated rings. The van der Waals surface area contributed by atoms with Crippen molar-refractivity contribution in [3.05, 3.63) is 0 Å². The highest BCUT2D eigenvalue weighted by Gasteiger charge is 2.20. The average Bonchev–Trinajstić information content (AvgIpc) is 2.18. The highest BCUT2D eigenvalue weighted by Crippen LogP contribution is 2.12. The van der Waals surface area contributed by atoms with Gasteiger partial charge in [-0.3, -0.25) is 4.90 Å². The lowest BCUT2D eigenvalue weighted by atomic mass is 10.1. The number of nitrogens with zero attached hydrogens (tertiary/aromatic N) is 1. The molecule has 1 rings (SSSR count). The zero-order valence-corrected chi connectivity index (χ0v) is 8.83. The molecule has 13 heavy (non-hydrogen) atoms. The molecule has 0 saturated carbocycles. The fourth-order valence-corrected chi connectivity index (χ4v) is 1.82. The molecule has 1 saturated heterocycles. The van der Waals surface area contributed by atoms with E-state index >= 15 is 0 Å². The van der Waals surface area contributed by atoms with Crippen LogP contribution in [0.2, 0.25) is 0 Å². The van der Waals surface area contributed by atoms with Crippen LogP contribution in [0.25, 0.3) is 0 Å². The molecule has 1 heterocycles. The molecule has 3 nitrogen and oxygen atoms in total. The van der Waals surface area contributed by atoms with Crippen molar-refractivity contribution in [1.29, 1.82) is 0 Å². The van der Waals surface area contributed by atoms with Gasteiger partial charge in [0, 0.05) is 26.1 Å². The number of alkyl halides is 1. The first-order chi connectivity index (χ1) is 6.26. The van der Waals surface area contributed by atoms with Gasteiger partial charge in [-0.2, -0.15) is 0 Å². The van der Waals surface area contributed by atoms with Crippen LogP contribution in [0.5, 0.6) is 0 Å². The minimum Gasteiger partial charge on any atom is -0.391 e. The third-order valence-corrected chi connectivity index (χ3v) is 2.80. The number of aliphatic hydroxyl groups excluding tert-OH is 1. The molecule has 1 aliphatic heterocycles.